The second-order valence-electron chi connectivity index (χ2n) is 3.71. The molecule has 2 aromatic rings. The van der Waals surface area contributed by atoms with Crippen LogP contribution in [0.1, 0.15) is 27.7 Å². The Kier molecular flexibility index (Phi) is 3.27. The van der Waals surface area contributed by atoms with Crippen LogP contribution in [0.3, 0.4) is 0 Å². The Balaban J connectivity index is 2.13. The number of carboxylic acid groups (broad SMARTS) is 1. The Morgan fingerprint density at radius 1 is 1.50 bits per heavy atom. The van der Waals surface area contributed by atoms with Gasteiger partial charge < -0.3 is 14.3 Å². The molecule has 0 aliphatic carbocycles. The summed E-state index contributed by atoms with van der Waals surface area (Å²) in [6.45, 7) is 3.70. The smallest absolute Gasteiger partial charge is 0.339 e. The highest BCUT2D eigenvalue weighted by atomic mass is 16.5. The van der Waals surface area contributed by atoms with Crippen LogP contribution in [0.5, 0.6) is 5.75 Å². The molecule has 6 nitrogen and oxygen atoms in total. The van der Waals surface area contributed by atoms with Gasteiger partial charge in [0.05, 0.1) is 11.9 Å². The molecule has 0 spiro atoms. The van der Waals surface area contributed by atoms with Crippen molar-refractivity contribution in [2.75, 3.05) is 0 Å². The maximum atomic E-state index is 10.9. The van der Waals surface area contributed by atoms with Crippen molar-refractivity contribution in [2.24, 2.45) is 0 Å². The topological polar surface area (TPSA) is 85.5 Å². The van der Waals surface area contributed by atoms with Crippen LogP contribution in [0.2, 0.25) is 0 Å². The van der Waals surface area contributed by atoms with E-state index in [-0.39, 0.29) is 17.9 Å². The summed E-state index contributed by atoms with van der Waals surface area (Å²) in [4.78, 5) is 18.9. The molecule has 0 aliphatic rings. The highest BCUT2D eigenvalue weighted by molar-refractivity contribution is 5.90. The van der Waals surface area contributed by atoms with E-state index < -0.39 is 5.97 Å². The van der Waals surface area contributed by atoms with Gasteiger partial charge in [-0.3, -0.25) is 4.98 Å². The number of pyridine rings is 1. The lowest BCUT2D eigenvalue weighted by Gasteiger charge is -2.05. The van der Waals surface area contributed by atoms with Crippen LogP contribution in [-0.4, -0.2) is 21.0 Å². The molecule has 0 radical (unpaired) electrons. The summed E-state index contributed by atoms with van der Waals surface area (Å²) in [5, 5.41) is 8.96. The van der Waals surface area contributed by atoms with Crippen molar-refractivity contribution in [2.45, 2.75) is 20.5 Å². The molecule has 0 aliphatic heterocycles. The van der Waals surface area contributed by atoms with Crippen molar-refractivity contribution >= 4 is 5.97 Å². The minimum absolute atomic E-state index is 0.0602. The maximum absolute atomic E-state index is 10.9. The standard InChI is InChI=1S/C12H12N2O4/c1-7-8(2)18-11(14-7)6-17-10-5-13-4-3-9(10)12(15)16/h3-5H,6H2,1-2H3,(H,15,16). The highest BCUT2D eigenvalue weighted by Crippen LogP contribution is 2.18. The number of hydrogen-bond acceptors (Lipinski definition) is 5. The first-order valence-corrected chi connectivity index (χ1v) is 5.31. The molecule has 0 bridgehead atoms. The second-order valence-corrected chi connectivity index (χ2v) is 3.71. The van der Waals surface area contributed by atoms with Crippen molar-refractivity contribution in [1.29, 1.82) is 0 Å². The molecule has 18 heavy (non-hydrogen) atoms. The fraction of sp³-hybridized carbons (Fsp3) is 0.250. The monoisotopic (exact) mass is 248 g/mol. The average Bonchev–Trinajstić information content (AvgIpc) is 2.66. The van der Waals surface area contributed by atoms with E-state index in [0.717, 1.165) is 11.5 Å². The molecule has 2 aromatic heterocycles. The fourth-order valence-electron chi connectivity index (χ4n) is 1.41. The zero-order valence-corrected chi connectivity index (χ0v) is 10.0. The molecule has 2 heterocycles. The highest BCUT2D eigenvalue weighted by Gasteiger charge is 2.12. The van der Waals surface area contributed by atoms with Crippen molar-refractivity contribution in [3.63, 3.8) is 0 Å². The minimum Gasteiger partial charge on any atom is -0.481 e. The molecule has 0 amide bonds. The number of carbonyl (C=O) groups is 1. The van der Waals surface area contributed by atoms with Gasteiger partial charge in [-0.1, -0.05) is 0 Å². The van der Waals surface area contributed by atoms with Crippen molar-refractivity contribution < 1.29 is 19.1 Å². The molecule has 0 fully saturated rings. The van der Waals surface area contributed by atoms with E-state index in [2.05, 4.69) is 9.97 Å². The largest absolute Gasteiger partial charge is 0.481 e. The Morgan fingerprint density at radius 3 is 2.89 bits per heavy atom. The van der Waals surface area contributed by atoms with Crippen LogP contribution in [-0.2, 0) is 6.61 Å². The number of hydrogen-bond donors (Lipinski definition) is 1. The van der Waals surface area contributed by atoms with Gasteiger partial charge in [-0.25, -0.2) is 9.78 Å². The zero-order valence-electron chi connectivity index (χ0n) is 10.0. The van der Waals surface area contributed by atoms with Gasteiger partial charge in [-0.05, 0) is 19.9 Å². The lowest BCUT2D eigenvalue weighted by atomic mass is 10.2. The predicted molar refractivity (Wildman–Crippen MR) is 61.5 cm³/mol. The lowest BCUT2D eigenvalue weighted by molar-refractivity contribution is 0.0691. The van der Waals surface area contributed by atoms with E-state index in [1.165, 1.54) is 18.5 Å². The number of aromatic nitrogens is 2. The summed E-state index contributed by atoms with van der Waals surface area (Å²) in [6.07, 6.45) is 2.75. The van der Waals surface area contributed by atoms with Crippen molar-refractivity contribution in [1.82, 2.24) is 9.97 Å². The quantitative estimate of drug-likeness (QED) is 0.890. The molecule has 0 atom stereocenters. The van der Waals surface area contributed by atoms with Gasteiger partial charge in [0.1, 0.15) is 11.3 Å². The number of rotatable bonds is 4. The molecular weight excluding hydrogens is 236 g/mol. The first kappa shape index (κ1) is 12.1. The maximum Gasteiger partial charge on any atom is 0.339 e. The first-order chi connectivity index (χ1) is 8.58. The molecule has 0 aromatic carbocycles. The van der Waals surface area contributed by atoms with Crippen LogP contribution >= 0.6 is 0 Å². The van der Waals surface area contributed by atoms with Crippen molar-refractivity contribution in [3.05, 3.63) is 41.4 Å². The molecule has 94 valence electrons. The van der Waals surface area contributed by atoms with Crippen LogP contribution in [0.25, 0.3) is 0 Å². The van der Waals surface area contributed by atoms with E-state index in [9.17, 15) is 4.79 Å². The van der Waals surface area contributed by atoms with Crippen LogP contribution < -0.4 is 4.74 Å². The number of aromatic carboxylic acids is 1. The fourth-order valence-corrected chi connectivity index (χ4v) is 1.41. The Bertz CT molecular complexity index is 558. The normalized spacial score (nSPS) is 10.3. The van der Waals surface area contributed by atoms with Crippen LogP contribution in [0.15, 0.2) is 22.9 Å². The number of ether oxygens (including phenoxy) is 1. The zero-order chi connectivity index (χ0) is 13.1. The Morgan fingerprint density at radius 2 is 2.28 bits per heavy atom. The van der Waals surface area contributed by atoms with Gasteiger partial charge in [-0.15, -0.1) is 0 Å². The SMILES string of the molecule is Cc1nc(COc2cnccc2C(=O)O)oc1C. The summed E-state index contributed by atoms with van der Waals surface area (Å²) in [7, 11) is 0. The van der Waals surface area contributed by atoms with E-state index in [4.69, 9.17) is 14.3 Å². The Hall–Kier alpha value is -2.37. The predicted octanol–water partition coefficient (Wildman–Crippen LogP) is 1.96. The summed E-state index contributed by atoms with van der Waals surface area (Å²) >= 11 is 0. The van der Waals surface area contributed by atoms with Gasteiger partial charge in [0.25, 0.3) is 0 Å². The summed E-state index contributed by atoms with van der Waals surface area (Å²) in [6, 6.07) is 1.38. The van der Waals surface area contributed by atoms with E-state index in [1.807, 2.05) is 6.92 Å². The number of aryl methyl sites for hydroxylation is 2. The first-order valence-electron chi connectivity index (χ1n) is 5.31. The summed E-state index contributed by atoms with van der Waals surface area (Å²) < 4.78 is 10.7. The molecule has 0 saturated carbocycles. The van der Waals surface area contributed by atoms with Gasteiger partial charge >= 0.3 is 5.97 Å². The second kappa shape index (κ2) is 4.87. The molecule has 0 unspecified atom stereocenters. The van der Waals surface area contributed by atoms with Gasteiger partial charge in [0.15, 0.2) is 12.4 Å². The lowest BCUT2D eigenvalue weighted by Crippen LogP contribution is -2.04. The number of nitrogens with zero attached hydrogens (tertiary/aromatic N) is 2. The van der Waals surface area contributed by atoms with Crippen LogP contribution in [0, 0.1) is 13.8 Å². The minimum atomic E-state index is -1.06. The third kappa shape index (κ3) is 2.48. The molecule has 1 N–H and O–H groups in total. The third-order valence-electron chi connectivity index (χ3n) is 2.44. The molecule has 2 rings (SSSR count). The molecular formula is C12H12N2O4. The van der Waals surface area contributed by atoms with Gasteiger partial charge in [-0.2, -0.15) is 0 Å². The van der Waals surface area contributed by atoms with Crippen molar-refractivity contribution in [3.8, 4) is 5.75 Å². The Labute approximate surface area is 103 Å². The average molecular weight is 248 g/mol. The number of oxazole rings is 1. The van der Waals surface area contributed by atoms with E-state index in [1.54, 1.807) is 6.92 Å². The van der Waals surface area contributed by atoms with E-state index >= 15 is 0 Å². The van der Waals surface area contributed by atoms with Gasteiger partial charge in [0.2, 0.25) is 5.89 Å². The summed E-state index contributed by atoms with van der Waals surface area (Å²) in [5.74, 6) is 0.258. The molecule has 6 heteroatoms. The van der Waals surface area contributed by atoms with Gasteiger partial charge in [0, 0.05) is 6.20 Å². The number of carboxylic acids is 1. The van der Waals surface area contributed by atoms with E-state index in [0.29, 0.717) is 5.89 Å². The molecule has 0 saturated heterocycles. The van der Waals surface area contributed by atoms with Crippen LogP contribution in [0.4, 0.5) is 0 Å². The third-order valence-corrected chi connectivity index (χ3v) is 2.44. The summed E-state index contributed by atoms with van der Waals surface area (Å²) in [5.41, 5.74) is 0.850.